The van der Waals surface area contributed by atoms with Gasteiger partial charge in [-0.15, -0.1) is 0 Å². The van der Waals surface area contributed by atoms with Gasteiger partial charge in [0.2, 0.25) is 0 Å². The van der Waals surface area contributed by atoms with E-state index in [0.29, 0.717) is 22.1 Å². The number of allylic oxidation sites excluding steroid dienone is 2. The molecular weight excluding hydrogens is 312 g/mol. The van der Waals surface area contributed by atoms with Crippen molar-refractivity contribution in [2.75, 3.05) is 0 Å². The molecule has 0 aliphatic heterocycles. The van der Waals surface area contributed by atoms with Crippen molar-refractivity contribution >= 4 is 34.8 Å². The SMILES string of the molecule is N#C/C(=C\c1ccco1)c1nsc(/C(C#N)=C/c2ccco2)n1. The summed E-state index contributed by atoms with van der Waals surface area (Å²) in [5.74, 6) is 1.33. The minimum atomic E-state index is 0.254. The van der Waals surface area contributed by atoms with Crippen LogP contribution in [-0.4, -0.2) is 9.36 Å². The highest BCUT2D eigenvalue weighted by Gasteiger charge is 2.13. The van der Waals surface area contributed by atoms with E-state index in [2.05, 4.69) is 15.4 Å². The summed E-state index contributed by atoms with van der Waals surface area (Å²) in [4.78, 5) is 4.26. The van der Waals surface area contributed by atoms with Crippen molar-refractivity contribution in [3.8, 4) is 12.1 Å². The Hall–Kier alpha value is -3.42. The topological polar surface area (TPSA) is 99.6 Å². The Balaban J connectivity index is 1.94. The van der Waals surface area contributed by atoms with E-state index in [9.17, 15) is 10.5 Å². The van der Waals surface area contributed by atoms with Crippen molar-refractivity contribution in [1.82, 2.24) is 9.36 Å². The third-order valence-corrected chi connectivity index (χ3v) is 3.55. The number of hydrogen-bond donors (Lipinski definition) is 0. The predicted molar refractivity (Wildman–Crippen MR) is 84.3 cm³/mol. The molecule has 0 aliphatic carbocycles. The Morgan fingerprint density at radius 2 is 1.61 bits per heavy atom. The summed E-state index contributed by atoms with van der Waals surface area (Å²) < 4.78 is 14.5. The second kappa shape index (κ2) is 6.56. The van der Waals surface area contributed by atoms with Crippen LogP contribution in [0.3, 0.4) is 0 Å². The Bertz CT molecular complexity index is 859. The summed E-state index contributed by atoms with van der Waals surface area (Å²) in [5.41, 5.74) is 0.580. The molecule has 3 aromatic heterocycles. The molecule has 3 rings (SSSR count). The lowest BCUT2D eigenvalue weighted by Crippen LogP contribution is -1.86. The second-order valence-electron chi connectivity index (χ2n) is 4.29. The lowest BCUT2D eigenvalue weighted by atomic mass is 10.2. The second-order valence-corrected chi connectivity index (χ2v) is 5.05. The molecule has 0 amide bonds. The van der Waals surface area contributed by atoms with Crippen LogP contribution in [0.15, 0.2) is 45.6 Å². The van der Waals surface area contributed by atoms with Crippen molar-refractivity contribution in [2.45, 2.75) is 0 Å². The van der Waals surface area contributed by atoms with Gasteiger partial charge in [-0.05, 0) is 35.8 Å². The molecule has 0 radical (unpaired) electrons. The Kier molecular flexibility index (Phi) is 4.14. The smallest absolute Gasteiger partial charge is 0.184 e. The maximum atomic E-state index is 9.28. The van der Waals surface area contributed by atoms with Crippen LogP contribution in [0.4, 0.5) is 0 Å². The molecule has 0 saturated heterocycles. The molecule has 6 nitrogen and oxygen atoms in total. The van der Waals surface area contributed by atoms with Crippen molar-refractivity contribution in [3.63, 3.8) is 0 Å². The van der Waals surface area contributed by atoms with Gasteiger partial charge in [-0.3, -0.25) is 0 Å². The number of furan rings is 2. The average Bonchev–Trinajstić information content (AvgIpc) is 3.32. The molecule has 0 bridgehead atoms. The Labute approximate surface area is 135 Å². The zero-order valence-corrected chi connectivity index (χ0v) is 12.4. The van der Waals surface area contributed by atoms with Gasteiger partial charge in [0, 0.05) is 12.2 Å². The zero-order chi connectivity index (χ0) is 16.1. The number of aromatic nitrogens is 2. The van der Waals surface area contributed by atoms with E-state index in [1.54, 1.807) is 36.4 Å². The summed E-state index contributed by atoms with van der Waals surface area (Å²) in [7, 11) is 0. The molecule has 0 N–H and O–H groups in total. The van der Waals surface area contributed by atoms with E-state index in [-0.39, 0.29) is 11.4 Å². The van der Waals surface area contributed by atoms with Gasteiger partial charge in [0.05, 0.1) is 18.1 Å². The van der Waals surface area contributed by atoms with E-state index in [0.717, 1.165) is 11.5 Å². The van der Waals surface area contributed by atoms with Crippen molar-refractivity contribution in [1.29, 1.82) is 10.5 Å². The van der Waals surface area contributed by atoms with Crippen LogP contribution in [0.1, 0.15) is 22.4 Å². The first-order chi connectivity index (χ1) is 11.3. The third-order valence-electron chi connectivity index (χ3n) is 2.80. The van der Waals surface area contributed by atoms with E-state index >= 15 is 0 Å². The summed E-state index contributed by atoms with van der Waals surface area (Å²) in [5, 5.41) is 19.0. The van der Waals surface area contributed by atoms with E-state index in [1.165, 1.54) is 12.5 Å². The van der Waals surface area contributed by atoms with E-state index in [1.807, 2.05) is 6.07 Å². The highest BCUT2D eigenvalue weighted by Crippen LogP contribution is 2.23. The fourth-order valence-electron chi connectivity index (χ4n) is 1.76. The van der Waals surface area contributed by atoms with Crippen molar-refractivity contribution in [3.05, 3.63) is 59.1 Å². The van der Waals surface area contributed by atoms with Crippen LogP contribution in [0.5, 0.6) is 0 Å². The van der Waals surface area contributed by atoms with Crippen LogP contribution in [0, 0.1) is 22.7 Å². The zero-order valence-electron chi connectivity index (χ0n) is 11.6. The molecule has 0 aromatic carbocycles. The normalized spacial score (nSPS) is 11.9. The molecule has 3 heterocycles. The van der Waals surface area contributed by atoms with Gasteiger partial charge in [0.25, 0.3) is 0 Å². The van der Waals surface area contributed by atoms with Crippen LogP contribution in [-0.2, 0) is 0 Å². The summed E-state index contributed by atoms with van der Waals surface area (Å²) >= 11 is 1.04. The minimum absolute atomic E-state index is 0.254. The monoisotopic (exact) mass is 320 g/mol. The summed E-state index contributed by atoms with van der Waals surface area (Å²) in [6.07, 6.45) is 6.16. The largest absolute Gasteiger partial charge is 0.465 e. The van der Waals surface area contributed by atoms with E-state index in [4.69, 9.17) is 8.83 Å². The molecule has 0 unspecified atom stereocenters. The number of hydrogen-bond acceptors (Lipinski definition) is 7. The van der Waals surface area contributed by atoms with Gasteiger partial charge in [-0.25, -0.2) is 4.98 Å². The maximum Gasteiger partial charge on any atom is 0.184 e. The average molecular weight is 320 g/mol. The minimum Gasteiger partial charge on any atom is -0.465 e. The Morgan fingerprint density at radius 1 is 1.00 bits per heavy atom. The van der Waals surface area contributed by atoms with Crippen LogP contribution >= 0.6 is 11.5 Å². The molecule has 7 heteroatoms. The molecular formula is C16H8N4O2S. The molecule has 3 aromatic rings. The maximum absolute atomic E-state index is 9.28. The van der Waals surface area contributed by atoms with Gasteiger partial charge in [-0.2, -0.15) is 14.9 Å². The molecule has 110 valence electrons. The molecule has 0 fully saturated rings. The summed E-state index contributed by atoms with van der Waals surface area (Å²) in [6, 6.07) is 11.0. The van der Waals surface area contributed by atoms with Crippen molar-refractivity contribution < 1.29 is 8.83 Å². The molecule has 0 saturated carbocycles. The van der Waals surface area contributed by atoms with Gasteiger partial charge in [0.15, 0.2) is 10.8 Å². The lowest BCUT2D eigenvalue weighted by molar-refractivity contribution is 0.557. The quantitative estimate of drug-likeness (QED) is 0.677. The number of nitriles is 2. The van der Waals surface area contributed by atoms with Gasteiger partial charge >= 0.3 is 0 Å². The fraction of sp³-hybridized carbons (Fsp3) is 0. The van der Waals surface area contributed by atoms with Gasteiger partial charge in [0.1, 0.15) is 29.2 Å². The van der Waals surface area contributed by atoms with Gasteiger partial charge in [-0.1, -0.05) is 0 Å². The van der Waals surface area contributed by atoms with Crippen molar-refractivity contribution in [2.24, 2.45) is 0 Å². The highest BCUT2D eigenvalue weighted by atomic mass is 32.1. The first kappa shape index (κ1) is 14.5. The fourth-order valence-corrected chi connectivity index (χ4v) is 2.40. The lowest BCUT2D eigenvalue weighted by Gasteiger charge is -1.91. The van der Waals surface area contributed by atoms with Gasteiger partial charge < -0.3 is 8.83 Å². The van der Waals surface area contributed by atoms with E-state index < -0.39 is 0 Å². The highest BCUT2D eigenvalue weighted by molar-refractivity contribution is 7.06. The molecule has 0 spiro atoms. The number of rotatable bonds is 4. The summed E-state index contributed by atoms with van der Waals surface area (Å²) in [6.45, 7) is 0. The molecule has 0 atom stereocenters. The molecule has 23 heavy (non-hydrogen) atoms. The van der Waals surface area contributed by atoms with Crippen LogP contribution in [0.25, 0.3) is 23.3 Å². The predicted octanol–water partition coefficient (Wildman–Crippen LogP) is 3.85. The van der Waals surface area contributed by atoms with Crippen LogP contribution < -0.4 is 0 Å². The van der Waals surface area contributed by atoms with Crippen LogP contribution in [0.2, 0.25) is 0 Å². The third kappa shape index (κ3) is 3.26. The first-order valence-electron chi connectivity index (χ1n) is 6.45. The number of nitrogens with zero attached hydrogens (tertiary/aromatic N) is 4. The molecule has 0 aliphatic rings. The first-order valence-corrected chi connectivity index (χ1v) is 7.22. The Morgan fingerprint density at radius 3 is 2.13 bits per heavy atom. The standard InChI is InChI=1S/C16H8N4O2S/c17-9-11(7-13-3-1-5-21-13)15-19-16(23-20-15)12(10-18)8-14-4-2-6-22-14/h1-8H/b11-7+,12-8+.